The van der Waals surface area contributed by atoms with Gasteiger partial charge in [-0.25, -0.2) is 0 Å². The molecule has 0 aliphatic carbocycles. The van der Waals surface area contributed by atoms with Crippen LogP contribution in [0, 0.1) is 0 Å². The Labute approximate surface area is 124 Å². The Morgan fingerprint density at radius 3 is 2.89 bits per heavy atom. The van der Waals surface area contributed by atoms with Crippen molar-refractivity contribution in [1.29, 1.82) is 0 Å². The molecule has 0 saturated carbocycles. The predicted molar refractivity (Wildman–Crippen MR) is 83.7 cm³/mol. The summed E-state index contributed by atoms with van der Waals surface area (Å²) in [6.45, 7) is 10.1. The lowest BCUT2D eigenvalue weighted by molar-refractivity contribution is 0.0532. The van der Waals surface area contributed by atoms with Crippen LogP contribution >= 0.6 is 15.9 Å². The molecular weight excluding hydrogens is 304 g/mol. The summed E-state index contributed by atoms with van der Waals surface area (Å²) in [7, 11) is 0. The molecule has 1 aromatic carbocycles. The van der Waals surface area contributed by atoms with Crippen molar-refractivity contribution in [3.63, 3.8) is 0 Å². The van der Waals surface area contributed by atoms with Gasteiger partial charge in [-0.2, -0.15) is 0 Å². The summed E-state index contributed by atoms with van der Waals surface area (Å²) in [5.74, 6) is 0. The van der Waals surface area contributed by atoms with Crippen molar-refractivity contribution in [3.05, 3.63) is 28.2 Å². The molecule has 0 radical (unpaired) electrons. The van der Waals surface area contributed by atoms with Gasteiger partial charge in [-0.3, -0.25) is 0 Å². The van der Waals surface area contributed by atoms with Gasteiger partial charge in [-0.15, -0.1) is 0 Å². The lowest BCUT2D eigenvalue weighted by atomic mass is 10.1. The summed E-state index contributed by atoms with van der Waals surface area (Å²) in [5, 5.41) is 3.44. The number of hydrogen-bond acceptors (Lipinski definition) is 3. The summed E-state index contributed by atoms with van der Waals surface area (Å²) < 4.78 is 6.76. The minimum absolute atomic E-state index is 0.308. The Morgan fingerprint density at radius 2 is 2.26 bits per heavy atom. The largest absolute Gasteiger partial charge is 0.375 e. The highest BCUT2D eigenvalue weighted by atomic mass is 79.9. The molecule has 3 nitrogen and oxygen atoms in total. The van der Waals surface area contributed by atoms with Gasteiger partial charge in [0.05, 0.1) is 18.4 Å². The third-order valence-corrected chi connectivity index (χ3v) is 3.94. The van der Waals surface area contributed by atoms with E-state index in [-0.39, 0.29) is 0 Å². The van der Waals surface area contributed by atoms with Crippen LogP contribution in [0.4, 0.5) is 5.69 Å². The van der Waals surface area contributed by atoms with Crippen LogP contribution in [0.1, 0.15) is 26.3 Å². The number of morpholine rings is 1. The van der Waals surface area contributed by atoms with Gasteiger partial charge in [0.2, 0.25) is 0 Å². The van der Waals surface area contributed by atoms with Crippen LogP contribution in [-0.2, 0) is 11.3 Å². The molecule has 19 heavy (non-hydrogen) atoms. The third-order valence-electron chi connectivity index (χ3n) is 3.31. The van der Waals surface area contributed by atoms with Crippen molar-refractivity contribution in [2.75, 3.05) is 24.6 Å². The van der Waals surface area contributed by atoms with Gasteiger partial charge in [0, 0.05) is 30.1 Å². The second-order valence-corrected chi connectivity index (χ2v) is 6.30. The van der Waals surface area contributed by atoms with Crippen LogP contribution in [0.2, 0.25) is 0 Å². The molecule has 0 aromatic heterocycles. The van der Waals surface area contributed by atoms with E-state index in [9.17, 15) is 0 Å². The molecule has 1 unspecified atom stereocenters. The Morgan fingerprint density at radius 1 is 1.47 bits per heavy atom. The number of anilines is 1. The Hall–Kier alpha value is -0.580. The Balaban J connectivity index is 2.06. The number of benzene rings is 1. The van der Waals surface area contributed by atoms with Crippen molar-refractivity contribution in [2.45, 2.75) is 39.5 Å². The number of hydrogen-bond donors (Lipinski definition) is 1. The highest BCUT2D eigenvalue weighted by Gasteiger charge is 2.18. The standard InChI is InChI=1S/C15H23BrN2O/c1-11(2)17-9-13-4-5-15(14(16)8-13)18-6-7-19-12(3)10-18/h4-5,8,11-12,17H,6-7,9-10H2,1-3H3. The minimum Gasteiger partial charge on any atom is -0.375 e. The number of rotatable bonds is 4. The third kappa shape index (κ3) is 4.20. The van der Waals surface area contributed by atoms with Gasteiger partial charge in [0.1, 0.15) is 0 Å². The SMILES string of the molecule is CC(C)NCc1ccc(N2CCOC(C)C2)c(Br)c1. The summed E-state index contributed by atoms with van der Waals surface area (Å²) in [6, 6.07) is 7.14. The monoisotopic (exact) mass is 326 g/mol. The zero-order valence-electron chi connectivity index (χ0n) is 11.9. The molecule has 2 rings (SSSR count). The van der Waals surface area contributed by atoms with E-state index in [1.165, 1.54) is 15.7 Å². The van der Waals surface area contributed by atoms with E-state index >= 15 is 0 Å². The van der Waals surface area contributed by atoms with E-state index in [0.29, 0.717) is 12.1 Å². The number of ether oxygens (including phenoxy) is 1. The summed E-state index contributed by atoms with van der Waals surface area (Å²) in [5.41, 5.74) is 2.58. The topological polar surface area (TPSA) is 24.5 Å². The highest BCUT2D eigenvalue weighted by Crippen LogP contribution is 2.28. The molecule has 1 aromatic rings. The van der Waals surface area contributed by atoms with Gasteiger partial charge in [0.25, 0.3) is 0 Å². The average molecular weight is 327 g/mol. The van der Waals surface area contributed by atoms with E-state index in [2.05, 4.69) is 65.1 Å². The lowest BCUT2D eigenvalue weighted by Gasteiger charge is -2.33. The van der Waals surface area contributed by atoms with Crippen LogP contribution < -0.4 is 10.2 Å². The van der Waals surface area contributed by atoms with Gasteiger partial charge >= 0.3 is 0 Å². The van der Waals surface area contributed by atoms with Crippen molar-refractivity contribution in [2.24, 2.45) is 0 Å². The van der Waals surface area contributed by atoms with Gasteiger partial charge in [-0.1, -0.05) is 19.9 Å². The molecule has 1 aliphatic heterocycles. The van der Waals surface area contributed by atoms with Gasteiger partial charge in [-0.05, 0) is 40.5 Å². The second-order valence-electron chi connectivity index (χ2n) is 5.45. The summed E-state index contributed by atoms with van der Waals surface area (Å²) in [4.78, 5) is 2.39. The lowest BCUT2D eigenvalue weighted by Crippen LogP contribution is -2.41. The molecular formula is C15H23BrN2O. The molecule has 0 amide bonds. The van der Waals surface area contributed by atoms with Crippen molar-refractivity contribution in [1.82, 2.24) is 5.32 Å². The number of halogens is 1. The van der Waals surface area contributed by atoms with Gasteiger partial charge in [0.15, 0.2) is 0 Å². The molecule has 106 valence electrons. The normalized spacial score (nSPS) is 20.1. The van der Waals surface area contributed by atoms with E-state index < -0.39 is 0 Å². The zero-order chi connectivity index (χ0) is 13.8. The molecule has 1 N–H and O–H groups in total. The smallest absolute Gasteiger partial charge is 0.0722 e. The number of nitrogens with one attached hydrogen (secondary N) is 1. The van der Waals surface area contributed by atoms with E-state index in [0.717, 1.165) is 26.2 Å². The maximum absolute atomic E-state index is 5.59. The molecule has 0 bridgehead atoms. The fourth-order valence-corrected chi connectivity index (χ4v) is 2.95. The van der Waals surface area contributed by atoms with E-state index in [1.807, 2.05) is 0 Å². The Bertz CT molecular complexity index is 423. The Kier molecular flexibility index (Phi) is 5.25. The van der Waals surface area contributed by atoms with Crippen LogP contribution in [0.5, 0.6) is 0 Å². The van der Waals surface area contributed by atoms with Crippen LogP contribution in [0.25, 0.3) is 0 Å². The maximum atomic E-state index is 5.59. The van der Waals surface area contributed by atoms with Crippen LogP contribution in [0.15, 0.2) is 22.7 Å². The van der Waals surface area contributed by atoms with Crippen LogP contribution in [-0.4, -0.2) is 31.8 Å². The first kappa shape index (κ1) is 14.8. The first-order chi connectivity index (χ1) is 9.06. The molecule has 1 saturated heterocycles. The first-order valence-electron chi connectivity index (χ1n) is 6.94. The molecule has 1 heterocycles. The fraction of sp³-hybridized carbons (Fsp3) is 0.600. The highest BCUT2D eigenvalue weighted by molar-refractivity contribution is 9.10. The summed E-state index contributed by atoms with van der Waals surface area (Å²) in [6.07, 6.45) is 0.308. The van der Waals surface area contributed by atoms with Crippen molar-refractivity contribution >= 4 is 21.6 Å². The quantitative estimate of drug-likeness (QED) is 0.919. The average Bonchev–Trinajstić information content (AvgIpc) is 2.36. The zero-order valence-corrected chi connectivity index (χ0v) is 13.5. The molecule has 4 heteroatoms. The van der Waals surface area contributed by atoms with Crippen LogP contribution in [0.3, 0.4) is 0 Å². The molecule has 1 atom stereocenters. The number of nitrogens with zero attached hydrogens (tertiary/aromatic N) is 1. The summed E-state index contributed by atoms with van der Waals surface area (Å²) >= 11 is 3.70. The van der Waals surface area contributed by atoms with E-state index in [1.54, 1.807) is 0 Å². The molecule has 1 aliphatic rings. The minimum atomic E-state index is 0.308. The molecule has 1 fully saturated rings. The second kappa shape index (κ2) is 6.73. The van der Waals surface area contributed by atoms with Crippen molar-refractivity contribution < 1.29 is 4.74 Å². The van der Waals surface area contributed by atoms with E-state index in [4.69, 9.17) is 4.74 Å². The fourth-order valence-electron chi connectivity index (χ4n) is 2.28. The van der Waals surface area contributed by atoms with Gasteiger partial charge < -0.3 is 15.0 Å². The van der Waals surface area contributed by atoms with Crippen molar-refractivity contribution in [3.8, 4) is 0 Å². The first-order valence-corrected chi connectivity index (χ1v) is 7.74. The molecule has 0 spiro atoms. The predicted octanol–water partition coefficient (Wildman–Crippen LogP) is 3.17. The maximum Gasteiger partial charge on any atom is 0.0722 e.